The van der Waals surface area contributed by atoms with Crippen molar-refractivity contribution >= 4 is 38.7 Å². The smallest absolute Gasteiger partial charge is 0.416 e. The van der Waals surface area contributed by atoms with Gasteiger partial charge in [0.1, 0.15) is 24.1 Å². The summed E-state index contributed by atoms with van der Waals surface area (Å²) in [6.07, 6.45) is -10.6. The number of aliphatic hydroxyl groups is 1. The Balaban J connectivity index is 1.61. The van der Waals surface area contributed by atoms with E-state index in [2.05, 4.69) is 29.2 Å². The third-order valence-corrected chi connectivity index (χ3v) is 8.18. The molecule has 5 unspecified atom stereocenters. The molecule has 3 aromatic rings. The molecule has 0 saturated carbocycles. The number of benzene rings is 3. The lowest BCUT2D eigenvalue weighted by molar-refractivity contribution is -0.282. The summed E-state index contributed by atoms with van der Waals surface area (Å²) in [7, 11) is -4.73. The molecule has 3 aromatic carbocycles. The molecule has 0 spiro atoms. The summed E-state index contributed by atoms with van der Waals surface area (Å²) < 4.78 is 94.3. The normalized spacial score (nSPS) is 22.5. The van der Waals surface area contributed by atoms with E-state index >= 15 is 0 Å². The third-order valence-electron chi connectivity index (χ3n) is 6.18. The highest BCUT2D eigenvalue weighted by atomic mass is 127. The summed E-state index contributed by atoms with van der Waals surface area (Å²) >= 11 is 2.09. The fourth-order valence-electron chi connectivity index (χ4n) is 4.08. The van der Waals surface area contributed by atoms with Crippen LogP contribution in [0.15, 0.2) is 96.4 Å². The van der Waals surface area contributed by atoms with E-state index in [1.165, 1.54) is 18.2 Å². The van der Waals surface area contributed by atoms with Gasteiger partial charge in [0, 0.05) is 3.57 Å². The second kappa shape index (κ2) is 14.2. The zero-order chi connectivity index (χ0) is 31.2. The monoisotopic (exact) mass is 734 g/mol. The van der Waals surface area contributed by atoms with Crippen LogP contribution in [-0.4, -0.2) is 63.4 Å². The molecular formula is C29H26F3IO9S. The molecule has 0 aromatic heterocycles. The Labute approximate surface area is 259 Å². The Morgan fingerprint density at radius 3 is 2.37 bits per heavy atom. The van der Waals surface area contributed by atoms with Crippen molar-refractivity contribution in [3.8, 4) is 5.75 Å². The summed E-state index contributed by atoms with van der Waals surface area (Å²) in [5, 5.41) is 11.2. The molecule has 1 saturated heterocycles. The molecule has 1 N–H and O–H groups in total. The molecule has 0 aliphatic carbocycles. The highest BCUT2D eigenvalue weighted by Gasteiger charge is 2.50. The second-order valence-electron chi connectivity index (χ2n) is 9.19. The average Bonchev–Trinajstić information content (AvgIpc) is 2.98. The molecule has 9 nitrogen and oxygen atoms in total. The van der Waals surface area contributed by atoms with E-state index in [1.54, 1.807) is 42.5 Å². The summed E-state index contributed by atoms with van der Waals surface area (Å²) in [4.78, 5) is 12.3. The molecule has 0 radical (unpaired) electrons. The Hall–Kier alpha value is -3.02. The van der Waals surface area contributed by atoms with E-state index in [9.17, 15) is 31.5 Å². The quantitative estimate of drug-likeness (QED) is 0.126. The van der Waals surface area contributed by atoms with Crippen LogP contribution in [0.3, 0.4) is 0 Å². The lowest BCUT2D eigenvalue weighted by Crippen LogP contribution is -2.62. The summed E-state index contributed by atoms with van der Waals surface area (Å²) in [5.41, 5.74) is -0.983. The largest absolute Gasteiger partial charge is 0.461 e. The van der Waals surface area contributed by atoms with E-state index in [4.69, 9.17) is 23.1 Å². The summed E-state index contributed by atoms with van der Waals surface area (Å²) in [6, 6.07) is 17.8. The predicted molar refractivity (Wildman–Crippen MR) is 155 cm³/mol. The second-order valence-corrected chi connectivity index (χ2v) is 12.1. The van der Waals surface area contributed by atoms with Crippen molar-refractivity contribution in [1.29, 1.82) is 0 Å². The molecule has 1 aliphatic heterocycles. The third kappa shape index (κ3) is 8.55. The maximum atomic E-state index is 13.1. The topological polar surface area (TPSA) is 118 Å². The number of alkyl halides is 3. The fourth-order valence-corrected chi connectivity index (χ4v) is 5.41. The zero-order valence-corrected chi connectivity index (χ0v) is 25.2. The van der Waals surface area contributed by atoms with Crippen molar-refractivity contribution in [2.75, 3.05) is 13.2 Å². The maximum Gasteiger partial charge on any atom is 0.416 e. The van der Waals surface area contributed by atoms with Gasteiger partial charge in [0.25, 0.3) is 10.1 Å². The van der Waals surface area contributed by atoms with E-state index in [0.29, 0.717) is 11.8 Å². The number of halogens is 4. The van der Waals surface area contributed by atoms with E-state index in [0.717, 1.165) is 21.8 Å². The minimum Gasteiger partial charge on any atom is -0.461 e. The lowest BCUT2D eigenvalue weighted by atomic mass is 9.98. The average molecular weight is 734 g/mol. The first-order chi connectivity index (χ1) is 20.4. The van der Waals surface area contributed by atoms with Gasteiger partial charge in [-0.2, -0.15) is 21.6 Å². The predicted octanol–water partition coefficient (Wildman–Crippen LogP) is 4.98. The van der Waals surface area contributed by atoms with E-state index in [-0.39, 0.29) is 12.2 Å². The first-order valence-electron chi connectivity index (χ1n) is 12.7. The standard InChI is InChI=1S/C29H26F3IO9S/c1-2-15-38-25-24(34)23(17-39-43(36,37)22-10-6-9-19(16-22)29(30,31)32)41-28(40-21-13-11-20(33)12-14-21)26(25)42-27(35)18-7-4-3-5-8-18/h2-14,16,23-26,28,34H,1,15,17H2. The number of hydrogen-bond donors (Lipinski definition) is 1. The van der Waals surface area contributed by atoms with Crippen molar-refractivity contribution < 1.29 is 54.6 Å². The Bertz CT molecular complexity index is 1500. The molecule has 0 bridgehead atoms. The van der Waals surface area contributed by atoms with Gasteiger partial charge in [0.15, 0.2) is 6.10 Å². The number of carbonyl (C=O) groups is 1. The van der Waals surface area contributed by atoms with Gasteiger partial charge < -0.3 is 24.1 Å². The van der Waals surface area contributed by atoms with Crippen LogP contribution in [0.5, 0.6) is 5.75 Å². The maximum absolute atomic E-state index is 13.1. The zero-order valence-electron chi connectivity index (χ0n) is 22.2. The number of carbonyl (C=O) groups excluding carboxylic acids is 1. The highest BCUT2D eigenvalue weighted by Crippen LogP contribution is 2.32. The fraction of sp³-hybridized carbons (Fsp3) is 0.276. The summed E-state index contributed by atoms with van der Waals surface area (Å²) in [6.45, 7) is 2.65. The van der Waals surface area contributed by atoms with Crippen LogP contribution in [0.25, 0.3) is 0 Å². The molecule has 1 fully saturated rings. The molecule has 1 heterocycles. The van der Waals surface area contributed by atoms with Crippen molar-refractivity contribution in [3.05, 3.63) is 106 Å². The number of rotatable bonds is 11. The van der Waals surface area contributed by atoms with E-state index in [1.807, 2.05) is 0 Å². The van der Waals surface area contributed by atoms with Crippen LogP contribution in [0, 0.1) is 3.57 Å². The van der Waals surface area contributed by atoms with Gasteiger partial charge in [-0.1, -0.05) is 30.3 Å². The van der Waals surface area contributed by atoms with Gasteiger partial charge in [-0.3, -0.25) is 4.18 Å². The SMILES string of the molecule is C=CCOC1C(O)C(COS(=O)(=O)c2cccc(C(F)(F)F)c2)OC(Oc2ccc(I)cc2)C1OC(=O)c1ccccc1. The number of aliphatic hydroxyl groups excluding tert-OH is 1. The van der Waals surface area contributed by atoms with Crippen molar-refractivity contribution in [1.82, 2.24) is 0 Å². The molecule has 4 rings (SSSR count). The van der Waals surface area contributed by atoms with Crippen molar-refractivity contribution in [2.24, 2.45) is 0 Å². The number of hydrogen-bond acceptors (Lipinski definition) is 9. The first kappa shape index (κ1) is 32.9. The Kier molecular flexibility index (Phi) is 10.8. The number of ether oxygens (including phenoxy) is 4. The van der Waals surface area contributed by atoms with Crippen LogP contribution in [0.2, 0.25) is 0 Å². The van der Waals surface area contributed by atoms with Gasteiger partial charge in [-0.15, -0.1) is 6.58 Å². The Morgan fingerprint density at radius 2 is 1.72 bits per heavy atom. The summed E-state index contributed by atoms with van der Waals surface area (Å²) in [5.74, 6) is -0.479. The van der Waals surface area contributed by atoms with Crippen LogP contribution < -0.4 is 4.74 Å². The molecule has 14 heteroatoms. The first-order valence-corrected chi connectivity index (χ1v) is 15.2. The number of esters is 1. The van der Waals surface area contributed by atoms with Gasteiger partial charge in [0.2, 0.25) is 6.29 Å². The Morgan fingerprint density at radius 1 is 1.02 bits per heavy atom. The van der Waals surface area contributed by atoms with Crippen molar-refractivity contribution in [2.45, 2.75) is 41.8 Å². The molecule has 1 aliphatic rings. The molecule has 230 valence electrons. The van der Waals surface area contributed by atoms with Gasteiger partial charge >= 0.3 is 12.1 Å². The van der Waals surface area contributed by atoms with Crippen LogP contribution in [-0.2, 0) is 34.7 Å². The van der Waals surface area contributed by atoms with Crippen LogP contribution in [0.1, 0.15) is 15.9 Å². The molecule has 43 heavy (non-hydrogen) atoms. The van der Waals surface area contributed by atoms with Crippen LogP contribution >= 0.6 is 22.6 Å². The molecule has 0 amide bonds. The van der Waals surface area contributed by atoms with Gasteiger partial charge in [-0.05, 0) is 77.2 Å². The molecular weight excluding hydrogens is 708 g/mol. The van der Waals surface area contributed by atoms with Crippen LogP contribution in [0.4, 0.5) is 13.2 Å². The molecule has 5 atom stereocenters. The minimum absolute atomic E-state index is 0.104. The highest BCUT2D eigenvalue weighted by molar-refractivity contribution is 14.1. The van der Waals surface area contributed by atoms with Gasteiger partial charge in [-0.25, -0.2) is 4.79 Å². The van der Waals surface area contributed by atoms with E-state index < -0.39 is 70.0 Å². The van der Waals surface area contributed by atoms with Crippen molar-refractivity contribution in [3.63, 3.8) is 0 Å². The minimum atomic E-state index is -4.78. The lowest BCUT2D eigenvalue weighted by Gasteiger charge is -2.43. The van der Waals surface area contributed by atoms with Gasteiger partial charge in [0.05, 0.1) is 29.2 Å².